The second-order valence-corrected chi connectivity index (χ2v) is 7.92. The molecule has 142 valence electrons. The van der Waals surface area contributed by atoms with Gasteiger partial charge >= 0.3 is 0 Å². The fourth-order valence-electron chi connectivity index (χ4n) is 2.82. The van der Waals surface area contributed by atoms with Crippen molar-refractivity contribution in [2.45, 2.75) is 43.5 Å². The third-order valence-corrected chi connectivity index (χ3v) is 5.80. The third-order valence-electron chi connectivity index (χ3n) is 4.22. The summed E-state index contributed by atoms with van der Waals surface area (Å²) < 4.78 is 28.2. The summed E-state index contributed by atoms with van der Waals surface area (Å²) in [6.45, 7) is 4.20. The number of rotatable bonds is 7. The van der Waals surface area contributed by atoms with Crippen molar-refractivity contribution in [1.29, 1.82) is 0 Å². The maximum absolute atomic E-state index is 12.8. The van der Waals surface area contributed by atoms with Crippen LogP contribution < -0.4 is 10.0 Å². The number of nitrogens with one attached hydrogen (secondary N) is 2. The Morgan fingerprint density at radius 2 is 2.08 bits per heavy atom. The highest BCUT2D eigenvalue weighted by Crippen LogP contribution is 2.18. The molecule has 1 saturated heterocycles. The molecule has 1 aliphatic heterocycles. The van der Waals surface area contributed by atoms with Crippen molar-refractivity contribution in [2.75, 3.05) is 26.7 Å². The summed E-state index contributed by atoms with van der Waals surface area (Å²) in [5, 5.41) is 3.19. The van der Waals surface area contributed by atoms with E-state index in [2.05, 4.69) is 17.0 Å². The van der Waals surface area contributed by atoms with E-state index in [0.29, 0.717) is 13.1 Å². The van der Waals surface area contributed by atoms with E-state index < -0.39 is 10.0 Å². The van der Waals surface area contributed by atoms with Crippen LogP contribution in [0.5, 0.6) is 0 Å². The van der Waals surface area contributed by atoms with Gasteiger partial charge in [-0.3, -0.25) is 4.79 Å². The largest absolute Gasteiger partial charge is 0.342 e. The van der Waals surface area contributed by atoms with Crippen LogP contribution in [0.1, 0.15) is 43.0 Å². The van der Waals surface area contributed by atoms with Crippen molar-refractivity contribution < 1.29 is 13.2 Å². The summed E-state index contributed by atoms with van der Waals surface area (Å²) in [6.07, 6.45) is 3.61. The standard InChI is InChI=1S/C17H27N3O3S.ClH/c1-3-4-12-20(2)17(21)15-9-5-6-10-16(15)24(22,23)19-14-8-7-11-18-13-14;/h5-6,9-10,14,18-19H,3-4,7-8,11-13H2,1-2H3;1H. The van der Waals surface area contributed by atoms with Crippen molar-refractivity contribution >= 4 is 28.3 Å². The van der Waals surface area contributed by atoms with Crippen LogP contribution in [0.3, 0.4) is 0 Å². The molecule has 0 radical (unpaired) electrons. The average molecular weight is 390 g/mol. The van der Waals surface area contributed by atoms with Gasteiger partial charge in [-0.1, -0.05) is 25.5 Å². The lowest BCUT2D eigenvalue weighted by atomic mass is 10.1. The number of amides is 1. The second-order valence-electron chi connectivity index (χ2n) is 6.24. The van der Waals surface area contributed by atoms with Crippen LogP contribution >= 0.6 is 12.4 Å². The normalized spacial score (nSPS) is 17.6. The molecule has 1 atom stereocenters. The van der Waals surface area contributed by atoms with Gasteiger partial charge in [0.15, 0.2) is 0 Å². The summed E-state index contributed by atoms with van der Waals surface area (Å²) >= 11 is 0. The summed E-state index contributed by atoms with van der Waals surface area (Å²) in [5.41, 5.74) is 0.229. The van der Waals surface area contributed by atoms with E-state index in [9.17, 15) is 13.2 Å². The zero-order valence-corrected chi connectivity index (χ0v) is 16.5. The molecule has 1 heterocycles. The second kappa shape index (κ2) is 10.1. The molecular formula is C17H28ClN3O3S. The number of halogens is 1. The summed E-state index contributed by atoms with van der Waals surface area (Å²) in [5.74, 6) is -0.258. The predicted octanol–water partition coefficient (Wildman–Crippen LogP) is 2.01. The van der Waals surface area contributed by atoms with Gasteiger partial charge in [-0.25, -0.2) is 13.1 Å². The fraction of sp³-hybridized carbons (Fsp3) is 0.588. The van der Waals surface area contributed by atoms with Crippen LogP contribution in [0.2, 0.25) is 0 Å². The molecule has 1 fully saturated rings. The number of sulfonamides is 1. The van der Waals surface area contributed by atoms with Gasteiger partial charge in [0, 0.05) is 26.2 Å². The molecule has 0 aromatic heterocycles. The van der Waals surface area contributed by atoms with Gasteiger partial charge in [-0.05, 0) is 37.9 Å². The van der Waals surface area contributed by atoms with Crippen LogP contribution in [0, 0.1) is 0 Å². The van der Waals surface area contributed by atoms with Gasteiger partial charge in [0.05, 0.1) is 10.5 Å². The van der Waals surface area contributed by atoms with Crippen molar-refractivity contribution in [3.63, 3.8) is 0 Å². The van der Waals surface area contributed by atoms with Crippen molar-refractivity contribution in [3.05, 3.63) is 29.8 Å². The third kappa shape index (κ3) is 5.95. The first-order valence-electron chi connectivity index (χ1n) is 8.53. The van der Waals surface area contributed by atoms with E-state index in [1.54, 1.807) is 30.1 Å². The number of carbonyl (C=O) groups excluding carboxylic acids is 1. The van der Waals surface area contributed by atoms with E-state index in [0.717, 1.165) is 32.2 Å². The summed E-state index contributed by atoms with van der Waals surface area (Å²) in [4.78, 5) is 14.3. The Kier molecular flexibility index (Phi) is 8.85. The Hall–Kier alpha value is -1.15. The lowest BCUT2D eigenvalue weighted by Crippen LogP contribution is -2.45. The predicted molar refractivity (Wildman–Crippen MR) is 102 cm³/mol. The monoisotopic (exact) mass is 389 g/mol. The highest BCUT2D eigenvalue weighted by Gasteiger charge is 2.27. The van der Waals surface area contributed by atoms with E-state index >= 15 is 0 Å². The maximum Gasteiger partial charge on any atom is 0.254 e. The average Bonchev–Trinajstić information content (AvgIpc) is 2.59. The summed E-state index contributed by atoms with van der Waals surface area (Å²) in [7, 11) is -2.02. The molecule has 8 heteroatoms. The zero-order chi connectivity index (χ0) is 17.6. The van der Waals surface area contributed by atoms with Crippen LogP contribution in [0.4, 0.5) is 0 Å². The highest BCUT2D eigenvalue weighted by atomic mass is 35.5. The van der Waals surface area contributed by atoms with E-state index in [1.165, 1.54) is 6.07 Å². The number of carbonyl (C=O) groups is 1. The topological polar surface area (TPSA) is 78.5 Å². The molecule has 1 amide bonds. The van der Waals surface area contributed by atoms with Crippen LogP contribution in [0.15, 0.2) is 29.2 Å². The molecule has 0 aliphatic carbocycles. The number of hydrogen-bond acceptors (Lipinski definition) is 4. The van der Waals surface area contributed by atoms with Gasteiger partial charge in [0.2, 0.25) is 10.0 Å². The van der Waals surface area contributed by atoms with Crippen molar-refractivity contribution in [1.82, 2.24) is 14.9 Å². The minimum Gasteiger partial charge on any atom is -0.342 e. The lowest BCUT2D eigenvalue weighted by molar-refractivity contribution is 0.0789. The zero-order valence-electron chi connectivity index (χ0n) is 14.8. The first-order valence-corrected chi connectivity index (χ1v) is 10.0. The maximum atomic E-state index is 12.8. The molecule has 0 saturated carbocycles. The molecule has 1 unspecified atom stereocenters. The van der Waals surface area contributed by atoms with E-state index in [-0.39, 0.29) is 34.8 Å². The van der Waals surface area contributed by atoms with Gasteiger partial charge in [-0.15, -0.1) is 12.4 Å². The first kappa shape index (κ1) is 21.9. The lowest BCUT2D eigenvalue weighted by Gasteiger charge is -2.24. The smallest absolute Gasteiger partial charge is 0.254 e. The number of benzene rings is 1. The summed E-state index contributed by atoms with van der Waals surface area (Å²) in [6, 6.07) is 6.29. The van der Waals surface area contributed by atoms with Gasteiger partial charge in [-0.2, -0.15) is 0 Å². The Labute approximate surface area is 156 Å². The Morgan fingerprint density at radius 3 is 2.72 bits per heavy atom. The molecule has 2 N–H and O–H groups in total. The van der Waals surface area contributed by atoms with Crippen LogP contribution in [-0.4, -0.2) is 51.9 Å². The number of piperidine rings is 1. The molecule has 0 bridgehead atoms. The molecule has 6 nitrogen and oxygen atoms in total. The van der Waals surface area contributed by atoms with Crippen LogP contribution in [0.25, 0.3) is 0 Å². The number of nitrogens with zero attached hydrogens (tertiary/aromatic N) is 1. The molecule has 1 aromatic carbocycles. The number of unbranched alkanes of at least 4 members (excludes halogenated alkanes) is 1. The van der Waals surface area contributed by atoms with Crippen LogP contribution in [-0.2, 0) is 10.0 Å². The SMILES string of the molecule is CCCCN(C)C(=O)c1ccccc1S(=O)(=O)NC1CCCNC1.Cl. The molecule has 0 spiro atoms. The van der Waals surface area contributed by atoms with Gasteiger partial charge in [0.25, 0.3) is 5.91 Å². The molecule has 1 aliphatic rings. The van der Waals surface area contributed by atoms with Gasteiger partial charge < -0.3 is 10.2 Å². The molecular weight excluding hydrogens is 362 g/mol. The molecule has 25 heavy (non-hydrogen) atoms. The van der Waals surface area contributed by atoms with E-state index in [1.807, 2.05) is 0 Å². The minimum atomic E-state index is -3.73. The van der Waals surface area contributed by atoms with Gasteiger partial charge in [0.1, 0.15) is 0 Å². The minimum absolute atomic E-state index is 0. The van der Waals surface area contributed by atoms with Crippen molar-refractivity contribution in [3.8, 4) is 0 Å². The Morgan fingerprint density at radius 1 is 1.36 bits per heavy atom. The number of hydrogen-bond donors (Lipinski definition) is 2. The first-order chi connectivity index (χ1) is 11.5. The Bertz CT molecular complexity index is 661. The highest BCUT2D eigenvalue weighted by molar-refractivity contribution is 7.89. The Balaban J connectivity index is 0.00000312. The van der Waals surface area contributed by atoms with E-state index in [4.69, 9.17) is 0 Å². The molecule has 1 aromatic rings. The molecule has 2 rings (SSSR count). The van der Waals surface area contributed by atoms with Crippen molar-refractivity contribution in [2.24, 2.45) is 0 Å². The quantitative estimate of drug-likeness (QED) is 0.747. The fourth-order valence-corrected chi connectivity index (χ4v) is 4.28.